The molecule has 0 saturated heterocycles. The minimum Gasteiger partial charge on any atom is -0.481 e. The molecule has 0 heterocycles. The maximum absolute atomic E-state index is 10.3. The van der Waals surface area contributed by atoms with Gasteiger partial charge in [0.1, 0.15) is 12.7 Å². The van der Waals surface area contributed by atoms with Gasteiger partial charge in [0.2, 0.25) is 0 Å². The molecule has 0 rings (SSSR count). The van der Waals surface area contributed by atoms with Gasteiger partial charge in [0.05, 0.1) is 6.61 Å². The van der Waals surface area contributed by atoms with Crippen LogP contribution < -0.4 is 0 Å². The largest absolute Gasteiger partial charge is 0.481 e. The van der Waals surface area contributed by atoms with E-state index in [4.69, 9.17) is 25.2 Å². The summed E-state index contributed by atoms with van der Waals surface area (Å²) in [4.78, 5) is 29.4. The molecular weight excluding hydrogens is 428 g/mol. The van der Waals surface area contributed by atoms with Crippen molar-refractivity contribution >= 4 is 17.9 Å². The molecule has 0 fully saturated rings. The zero-order valence-corrected chi connectivity index (χ0v) is 21.0. The fourth-order valence-corrected chi connectivity index (χ4v) is 2.61. The lowest BCUT2D eigenvalue weighted by Crippen LogP contribution is -2.20. The van der Waals surface area contributed by atoms with Gasteiger partial charge in [0.15, 0.2) is 0 Å². The number of aliphatic carboxylic acids is 2. The van der Waals surface area contributed by atoms with Crippen molar-refractivity contribution in [2.75, 3.05) is 13.2 Å². The van der Waals surface area contributed by atoms with Gasteiger partial charge < -0.3 is 25.2 Å². The normalized spacial score (nSPS) is 11.1. The molecule has 0 aliphatic heterocycles. The van der Waals surface area contributed by atoms with Crippen molar-refractivity contribution in [2.24, 2.45) is 0 Å². The van der Waals surface area contributed by atoms with Crippen LogP contribution in [0.1, 0.15) is 111 Å². The zero-order valence-electron chi connectivity index (χ0n) is 21.0. The maximum Gasteiger partial charge on any atom is 0.303 e. The minimum absolute atomic E-state index is 0.133. The predicted molar refractivity (Wildman–Crippen MR) is 130 cm³/mol. The first-order valence-electron chi connectivity index (χ1n) is 12.2. The van der Waals surface area contributed by atoms with Crippen molar-refractivity contribution in [3.05, 3.63) is 12.2 Å². The lowest BCUT2D eigenvalue weighted by atomic mass is 10.1. The topological polar surface area (TPSA) is 141 Å². The molecule has 0 aliphatic carbocycles. The summed E-state index contributed by atoms with van der Waals surface area (Å²) < 4.78 is 4.35. The fourth-order valence-electron chi connectivity index (χ4n) is 2.61. The summed E-state index contributed by atoms with van der Waals surface area (Å²) in [6.07, 6.45) is 20.3. The average Bonchev–Trinajstić information content (AvgIpc) is 2.74. The SMILES string of the molecule is CC(=O)O.CC(=O)OCC(O)CO.CCCCCCCC/C=C\CCCCCCCC(=O)O. The Morgan fingerprint density at radius 1 is 0.788 bits per heavy atom. The maximum atomic E-state index is 10.3. The van der Waals surface area contributed by atoms with E-state index in [1.807, 2.05) is 0 Å². The van der Waals surface area contributed by atoms with E-state index in [-0.39, 0.29) is 13.2 Å². The van der Waals surface area contributed by atoms with E-state index in [0.717, 1.165) is 19.8 Å². The molecule has 0 radical (unpaired) electrons. The highest BCUT2D eigenvalue weighted by atomic mass is 16.5. The summed E-state index contributed by atoms with van der Waals surface area (Å²) in [5.41, 5.74) is 0. The van der Waals surface area contributed by atoms with Crippen molar-refractivity contribution in [3.63, 3.8) is 0 Å². The van der Waals surface area contributed by atoms with Gasteiger partial charge in [-0.3, -0.25) is 14.4 Å². The number of carbonyl (C=O) groups excluding carboxylic acids is 1. The molecule has 0 aromatic rings. The monoisotopic (exact) mass is 476 g/mol. The molecule has 33 heavy (non-hydrogen) atoms. The quantitative estimate of drug-likeness (QED) is 0.122. The van der Waals surface area contributed by atoms with E-state index < -0.39 is 24.0 Å². The van der Waals surface area contributed by atoms with Crippen molar-refractivity contribution in [1.82, 2.24) is 0 Å². The van der Waals surface area contributed by atoms with Crippen LogP contribution in [-0.2, 0) is 19.1 Å². The van der Waals surface area contributed by atoms with Crippen LogP contribution in [0, 0.1) is 0 Å². The van der Waals surface area contributed by atoms with Crippen LogP contribution in [-0.4, -0.2) is 57.7 Å². The van der Waals surface area contributed by atoms with Crippen LogP contribution in [0.4, 0.5) is 0 Å². The molecule has 0 spiro atoms. The van der Waals surface area contributed by atoms with E-state index >= 15 is 0 Å². The molecular formula is C25H48O8. The van der Waals surface area contributed by atoms with E-state index in [9.17, 15) is 9.59 Å². The van der Waals surface area contributed by atoms with Gasteiger partial charge in [-0.05, 0) is 32.1 Å². The Hall–Kier alpha value is -1.93. The second-order valence-electron chi connectivity index (χ2n) is 7.89. The lowest BCUT2D eigenvalue weighted by Gasteiger charge is -2.05. The first-order valence-corrected chi connectivity index (χ1v) is 12.2. The molecule has 1 atom stereocenters. The van der Waals surface area contributed by atoms with Crippen LogP contribution in [0.15, 0.2) is 12.2 Å². The van der Waals surface area contributed by atoms with E-state index in [1.165, 1.54) is 77.6 Å². The number of allylic oxidation sites excluding steroid dienone is 2. The van der Waals surface area contributed by atoms with Gasteiger partial charge in [-0.15, -0.1) is 0 Å². The van der Waals surface area contributed by atoms with Gasteiger partial charge in [-0.1, -0.05) is 70.4 Å². The summed E-state index contributed by atoms with van der Waals surface area (Å²) in [6, 6.07) is 0. The second-order valence-corrected chi connectivity index (χ2v) is 7.89. The number of carboxylic acids is 2. The van der Waals surface area contributed by atoms with E-state index in [0.29, 0.717) is 6.42 Å². The molecule has 0 aromatic heterocycles. The Balaban J connectivity index is -0.000000569. The molecule has 0 amide bonds. The Labute approximate surface area is 200 Å². The van der Waals surface area contributed by atoms with Crippen molar-refractivity contribution in [1.29, 1.82) is 0 Å². The summed E-state index contributed by atoms with van der Waals surface area (Å²) >= 11 is 0. The Bertz CT molecular complexity index is 473. The van der Waals surface area contributed by atoms with Gasteiger partial charge in [0.25, 0.3) is 5.97 Å². The summed E-state index contributed by atoms with van der Waals surface area (Å²) in [5, 5.41) is 32.7. The smallest absolute Gasteiger partial charge is 0.303 e. The molecule has 1 unspecified atom stereocenters. The third-order valence-electron chi connectivity index (χ3n) is 4.34. The summed E-state index contributed by atoms with van der Waals surface area (Å²) in [6.45, 7) is 4.07. The number of aliphatic hydroxyl groups excluding tert-OH is 2. The molecule has 8 heteroatoms. The number of aliphatic hydroxyl groups is 2. The average molecular weight is 477 g/mol. The number of hydrogen-bond donors (Lipinski definition) is 4. The molecule has 0 aliphatic rings. The van der Waals surface area contributed by atoms with Crippen molar-refractivity contribution < 1.29 is 39.5 Å². The van der Waals surface area contributed by atoms with Gasteiger partial charge in [-0.2, -0.15) is 0 Å². The molecule has 0 aromatic carbocycles. The molecule has 0 bridgehead atoms. The number of esters is 1. The predicted octanol–water partition coefficient (Wildman–Crippen LogP) is 5.10. The highest BCUT2D eigenvalue weighted by Gasteiger charge is 2.02. The number of carbonyl (C=O) groups is 3. The summed E-state index contributed by atoms with van der Waals surface area (Å²) in [7, 11) is 0. The lowest BCUT2D eigenvalue weighted by molar-refractivity contribution is -0.144. The Morgan fingerprint density at radius 2 is 1.21 bits per heavy atom. The first-order chi connectivity index (χ1) is 15.7. The highest BCUT2D eigenvalue weighted by molar-refractivity contribution is 5.66. The number of rotatable bonds is 18. The number of unbranched alkanes of at least 4 members (excludes halogenated alkanes) is 11. The van der Waals surface area contributed by atoms with Gasteiger partial charge in [0, 0.05) is 20.3 Å². The highest BCUT2D eigenvalue weighted by Crippen LogP contribution is 2.09. The zero-order chi connectivity index (χ0) is 25.7. The van der Waals surface area contributed by atoms with E-state index in [2.05, 4.69) is 23.8 Å². The van der Waals surface area contributed by atoms with Crippen molar-refractivity contribution in [2.45, 2.75) is 117 Å². The molecule has 8 nitrogen and oxygen atoms in total. The van der Waals surface area contributed by atoms with Crippen LogP contribution in [0.3, 0.4) is 0 Å². The van der Waals surface area contributed by atoms with Gasteiger partial charge >= 0.3 is 11.9 Å². The molecule has 4 N–H and O–H groups in total. The van der Waals surface area contributed by atoms with Crippen LogP contribution in [0.5, 0.6) is 0 Å². The number of hydrogen-bond acceptors (Lipinski definition) is 6. The summed E-state index contributed by atoms with van der Waals surface area (Å²) in [5.74, 6) is -1.95. The van der Waals surface area contributed by atoms with E-state index in [1.54, 1.807) is 0 Å². The number of carboxylic acid groups (broad SMARTS) is 2. The third-order valence-corrected chi connectivity index (χ3v) is 4.34. The standard InChI is InChI=1S/C18H34O2.C5H10O4.C2H4O2/c1-2-3-4-5-6-7-8-9-10-11-12-13-14-15-16-17-18(19)20;1-4(7)9-3-5(8)2-6;1-2(3)4/h9-10H,2-8,11-17H2,1H3,(H,19,20);5-6,8H,2-3H2,1H3;1H3,(H,3,4)/b10-9-;;. The van der Waals surface area contributed by atoms with Crippen LogP contribution >= 0.6 is 0 Å². The second kappa shape index (κ2) is 30.1. The first kappa shape index (κ1) is 35.7. The third kappa shape index (κ3) is 48.6. The Kier molecular flexibility index (Phi) is 32.5. The van der Waals surface area contributed by atoms with Crippen LogP contribution in [0.25, 0.3) is 0 Å². The van der Waals surface area contributed by atoms with Gasteiger partial charge in [-0.25, -0.2) is 0 Å². The minimum atomic E-state index is -0.950. The molecule has 0 saturated carbocycles. The van der Waals surface area contributed by atoms with Crippen LogP contribution in [0.2, 0.25) is 0 Å². The Morgan fingerprint density at radius 3 is 1.61 bits per heavy atom. The molecule has 196 valence electrons. The van der Waals surface area contributed by atoms with Crippen molar-refractivity contribution in [3.8, 4) is 0 Å². The fraction of sp³-hybridized carbons (Fsp3) is 0.800. The number of ether oxygens (including phenoxy) is 1.